The number of carbonyl (C=O) groups excluding carboxylic acids is 1. The van der Waals surface area contributed by atoms with E-state index in [1.807, 2.05) is 45.0 Å². The van der Waals surface area contributed by atoms with Gasteiger partial charge in [-0.1, -0.05) is 23.8 Å². The van der Waals surface area contributed by atoms with Crippen molar-refractivity contribution >= 4 is 21.6 Å². The van der Waals surface area contributed by atoms with Crippen molar-refractivity contribution in [2.75, 3.05) is 18.0 Å². The van der Waals surface area contributed by atoms with E-state index < -0.39 is 10.0 Å². The number of carbonyl (C=O) groups is 1. The lowest BCUT2D eigenvalue weighted by molar-refractivity contribution is -0.116. The minimum absolute atomic E-state index is 0.124. The Morgan fingerprint density at radius 2 is 1.58 bits per heavy atom. The van der Waals surface area contributed by atoms with Gasteiger partial charge in [0, 0.05) is 25.7 Å². The summed E-state index contributed by atoms with van der Waals surface area (Å²) in [6.07, 6.45) is 0. The first kappa shape index (κ1) is 20.1. The monoisotopic (exact) mass is 374 g/mol. The van der Waals surface area contributed by atoms with Crippen molar-refractivity contribution in [3.8, 4) is 0 Å². The van der Waals surface area contributed by atoms with Gasteiger partial charge >= 0.3 is 0 Å². The van der Waals surface area contributed by atoms with Gasteiger partial charge in [0.05, 0.1) is 4.90 Å². The number of aryl methyl sites for hydroxylation is 4. The van der Waals surface area contributed by atoms with Crippen molar-refractivity contribution in [2.24, 2.45) is 0 Å². The van der Waals surface area contributed by atoms with E-state index in [-0.39, 0.29) is 23.9 Å². The van der Waals surface area contributed by atoms with Crippen LogP contribution >= 0.6 is 0 Å². The van der Waals surface area contributed by atoms with Gasteiger partial charge in [-0.3, -0.25) is 4.79 Å². The number of hydrogen-bond acceptors (Lipinski definition) is 3. The lowest BCUT2D eigenvalue weighted by Gasteiger charge is -2.22. The Balaban J connectivity index is 2.13. The van der Waals surface area contributed by atoms with E-state index in [0.717, 1.165) is 22.4 Å². The molecule has 6 heteroatoms. The molecule has 0 heterocycles. The van der Waals surface area contributed by atoms with Crippen LogP contribution in [0.5, 0.6) is 0 Å². The van der Waals surface area contributed by atoms with Crippen LogP contribution in [-0.2, 0) is 14.8 Å². The first-order chi connectivity index (χ1) is 12.1. The standard InChI is InChI=1S/C20H26N2O3S/c1-14-6-7-20(17(4)11-14)26(24,25)21-8-9-22(18(5)23)19-12-15(2)10-16(3)13-19/h6-7,10-13,21H,8-9H2,1-5H3. The zero-order chi connectivity index (χ0) is 19.5. The molecule has 0 radical (unpaired) electrons. The Morgan fingerprint density at radius 1 is 0.962 bits per heavy atom. The highest BCUT2D eigenvalue weighted by Crippen LogP contribution is 2.19. The van der Waals surface area contributed by atoms with Gasteiger partial charge in [-0.2, -0.15) is 0 Å². The van der Waals surface area contributed by atoms with Crippen molar-refractivity contribution < 1.29 is 13.2 Å². The quantitative estimate of drug-likeness (QED) is 0.844. The largest absolute Gasteiger partial charge is 0.311 e. The van der Waals surface area contributed by atoms with Crippen LogP contribution in [0.15, 0.2) is 41.3 Å². The Kier molecular flexibility index (Phi) is 6.21. The average molecular weight is 375 g/mol. The molecule has 0 aromatic heterocycles. The maximum absolute atomic E-state index is 12.5. The summed E-state index contributed by atoms with van der Waals surface area (Å²) in [6.45, 7) is 9.53. The normalized spacial score (nSPS) is 11.4. The molecule has 0 atom stereocenters. The fourth-order valence-electron chi connectivity index (χ4n) is 3.05. The number of nitrogens with one attached hydrogen (secondary N) is 1. The van der Waals surface area contributed by atoms with Crippen LogP contribution in [0.3, 0.4) is 0 Å². The Morgan fingerprint density at radius 3 is 2.12 bits per heavy atom. The maximum atomic E-state index is 12.5. The molecule has 0 unspecified atom stereocenters. The van der Waals surface area contributed by atoms with Crippen molar-refractivity contribution in [1.29, 1.82) is 0 Å². The molecular formula is C20H26N2O3S. The zero-order valence-corrected chi connectivity index (χ0v) is 16.8. The summed E-state index contributed by atoms with van der Waals surface area (Å²) in [5, 5.41) is 0. The number of rotatable bonds is 6. The fourth-order valence-corrected chi connectivity index (χ4v) is 4.29. The molecule has 0 aliphatic heterocycles. The minimum Gasteiger partial charge on any atom is -0.311 e. The second-order valence-electron chi connectivity index (χ2n) is 6.68. The van der Waals surface area contributed by atoms with Gasteiger partial charge in [-0.05, 0) is 62.6 Å². The summed E-state index contributed by atoms with van der Waals surface area (Å²) in [4.78, 5) is 13.9. The summed E-state index contributed by atoms with van der Waals surface area (Å²) in [5.41, 5.74) is 4.61. The lowest BCUT2D eigenvalue weighted by atomic mass is 10.1. The third-order valence-electron chi connectivity index (χ3n) is 4.15. The van der Waals surface area contributed by atoms with Gasteiger partial charge in [-0.25, -0.2) is 13.1 Å². The highest BCUT2D eigenvalue weighted by Gasteiger charge is 2.18. The van der Waals surface area contributed by atoms with Gasteiger partial charge in [0.25, 0.3) is 0 Å². The molecule has 2 aromatic rings. The van der Waals surface area contributed by atoms with Crippen LogP contribution in [0, 0.1) is 27.7 Å². The smallest absolute Gasteiger partial charge is 0.240 e. The Labute approximate surface area is 156 Å². The number of hydrogen-bond donors (Lipinski definition) is 1. The van der Waals surface area contributed by atoms with Crippen LogP contribution in [0.1, 0.15) is 29.2 Å². The average Bonchev–Trinajstić information content (AvgIpc) is 2.49. The van der Waals surface area contributed by atoms with Crippen molar-refractivity contribution in [2.45, 2.75) is 39.5 Å². The first-order valence-electron chi connectivity index (χ1n) is 8.53. The zero-order valence-electron chi connectivity index (χ0n) is 16.0. The summed E-state index contributed by atoms with van der Waals surface area (Å²) in [5.74, 6) is -0.124. The van der Waals surface area contributed by atoms with Crippen LogP contribution in [0.25, 0.3) is 0 Å². The Bertz CT molecular complexity index is 900. The van der Waals surface area contributed by atoms with Crippen molar-refractivity contribution in [3.63, 3.8) is 0 Å². The van der Waals surface area contributed by atoms with Gasteiger partial charge in [0.2, 0.25) is 15.9 Å². The molecule has 2 aromatic carbocycles. The van der Waals surface area contributed by atoms with Gasteiger partial charge < -0.3 is 4.90 Å². The predicted octanol–water partition coefficient (Wildman–Crippen LogP) is 3.25. The fraction of sp³-hybridized carbons (Fsp3) is 0.350. The van der Waals surface area contributed by atoms with E-state index in [1.165, 1.54) is 6.92 Å². The van der Waals surface area contributed by atoms with E-state index >= 15 is 0 Å². The molecule has 1 N–H and O–H groups in total. The minimum atomic E-state index is -3.62. The lowest BCUT2D eigenvalue weighted by Crippen LogP contribution is -2.37. The molecule has 0 bridgehead atoms. The van der Waals surface area contributed by atoms with E-state index in [2.05, 4.69) is 4.72 Å². The predicted molar refractivity (Wildman–Crippen MR) is 105 cm³/mol. The van der Waals surface area contributed by atoms with E-state index in [4.69, 9.17) is 0 Å². The van der Waals surface area contributed by atoms with Gasteiger partial charge in [0.15, 0.2) is 0 Å². The molecule has 1 amide bonds. The molecule has 0 saturated carbocycles. The molecule has 0 aliphatic rings. The molecule has 5 nitrogen and oxygen atoms in total. The molecule has 0 fully saturated rings. The van der Waals surface area contributed by atoms with E-state index in [0.29, 0.717) is 5.56 Å². The van der Waals surface area contributed by atoms with E-state index in [1.54, 1.807) is 24.0 Å². The SMILES string of the molecule is CC(=O)N(CCNS(=O)(=O)c1ccc(C)cc1C)c1cc(C)cc(C)c1. The van der Waals surface area contributed by atoms with Crippen molar-refractivity contribution in [1.82, 2.24) is 4.72 Å². The molecule has 26 heavy (non-hydrogen) atoms. The number of anilines is 1. The van der Waals surface area contributed by atoms with E-state index in [9.17, 15) is 13.2 Å². The van der Waals surface area contributed by atoms with Gasteiger partial charge in [0.1, 0.15) is 0 Å². The third-order valence-corrected chi connectivity index (χ3v) is 5.77. The van der Waals surface area contributed by atoms with Crippen LogP contribution in [0.2, 0.25) is 0 Å². The highest BCUT2D eigenvalue weighted by atomic mass is 32.2. The topological polar surface area (TPSA) is 66.5 Å². The highest BCUT2D eigenvalue weighted by molar-refractivity contribution is 7.89. The number of sulfonamides is 1. The van der Waals surface area contributed by atoms with Gasteiger partial charge in [-0.15, -0.1) is 0 Å². The molecule has 0 spiro atoms. The molecule has 140 valence electrons. The van der Waals surface area contributed by atoms with Crippen molar-refractivity contribution in [3.05, 3.63) is 58.7 Å². The first-order valence-corrected chi connectivity index (χ1v) is 10.0. The maximum Gasteiger partial charge on any atom is 0.240 e. The summed E-state index contributed by atoms with van der Waals surface area (Å²) in [7, 11) is -3.62. The molecular weight excluding hydrogens is 348 g/mol. The third kappa shape index (κ3) is 4.93. The van der Waals surface area contributed by atoms with Crippen LogP contribution < -0.4 is 9.62 Å². The van der Waals surface area contributed by atoms with Crippen LogP contribution in [0.4, 0.5) is 5.69 Å². The second kappa shape index (κ2) is 8.01. The molecule has 2 rings (SSSR count). The summed E-state index contributed by atoms with van der Waals surface area (Å²) >= 11 is 0. The number of nitrogens with zero attached hydrogens (tertiary/aromatic N) is 1. The Hall–Kier alpha value is -2.18. The summed E-state index contributed by atoms with van der Waals surface area (Å²) in [6, 6.07) is 11.1. The second-order valence-corrected chi connectivity index (χ2v) is 8.42. The molecule has 0 saturated heterocycles. The number of amides is 1. The molecule has 0 aliphatic carbocycles. The summed E-state index contributed by atoms with van der Waals surface area (Å²) < 4.78 is 27.7. The van der Waals surface area contributed by atoms with Crippen LogP contribution in [-0.4, -0.2) is 27.4 Å². The number of benzene rings is 2.